The number of hydrogen-bond acceptors (Lipinski definition) is 2. The molecule has 0 aliphatic carbocycles. The fourth-order valence-electron chi connectivity index (χ4n) is 1.71. The minimum absolute atomic E-state index is 0.274. The van der Waals surface area contributed by atoms with E-state index in [0.29, 0.717) is 16.6 Å². The van der Waals surface area contributed by atoms with Crippen LogP contribution in [0.5, 0.6) is 0 Å². The summed E-state index contributed by atoms with van der Waals surface area (Å²) in [7, 11) is 0. The zero-order valence-electron chi connectivity index (χ0n) is 10.2. The zero-order chi connectivity index (χ0) is 13.7. The Morgan fingerprint density at radius 2 is 1.89 bits per heavy atom. The molecule has 0 fully saturated rings. The molecule has 0 aromatic heterocycles. The Morgan fingerprint density at radius 1 is 1.16 bits per heavy atom. The number of thioether (sulfide) groups is 1. The van der Waals surface area contributed by atoms with E-state index in [1.165, 1.54) is 12.1 Å². The summed E-state index contributed by atoms with van der Waals surface area (Å²) in [5.74, 6) is 0.345. The number of hydrogen-bond donors (Lipinski definition) is 1. The van der Waals surface area contributed by atoms with Gasteiger partial charge in [-0.25, -0.2) is 4.39 Å². The Bertz CT molecular complexity index is 533. The largest absolute Gasteiger partial charge is 0.392 e. The molecule has 0 saturated carbocycles. The summed E-state index contributed by atoms with van der Waals surface area (Å²) < 4.78 is 13.7. The van der Waals surface area contributed by atoms with Gasteiger partial charge in [0.15, 0.2) is 0 Å². The summed E-state index contributed by atoms with van der Waals surface area (Å²) in [6, 6.07) is 14.5. The molecule has 1 unspecified atom stereocenters. The maximum atomic E-state index is 13.0. The molecule has 19 heavy (non-hydrogen) atoms. The zero-order valence-corrected chi connectivity index (χ0v) is 12.6. The van der Waals surface area contributed by atoms with Gasteiger partial charge in [0.1, 0.15) is 5.82 Å². The van der Waals surface area contributed by atoms with Gasteiger partial charge in [0.25, 0.3) is 0 Å². The van der Waals surface area contributed by atoms with Crippen LogP contribution >= 0.6 is 27.7 Å². The van der Waals surface area contributed by atoms with Crippen molar-refractivity contribution in [3.8, 4) is 0 Å². The topological polar surface area (TPSA) is 20.2 Å². The average molecular weight is 341 g/mol. The minimum Gasteiger partial charge on any atom is -0.392 e. The van der Waals surface area contributed by atoms with Crippen LogP contribution in [-0.2, 0) is 6.42 Å². The highest BCUT2D eigenvalue weighted by Crippen LogP contribution is 2.22. The number of aliphatic hydroxyl groups is 1. The second-order valence-corrected chi connectivity index (χ2v) is 6.17. The molecular weight excluding hydrogens is 327 g/mol. The fourth-order valence-corrected chi connectivity index (χ4v) is 3.07. The Labute approximate surface area is 125 Å². The molecule has 0 aliphatic rings. The fraction of sp³-hybridized carbons (Fsp3) is 0.200. The van der Waals surface area contributed by atoms with Crippen molar-refractivity contribution in [1.82, 2.24) is 0 Å². The lowest BCUT2D eigenvalue weighted by molar-refractivity contribution is 0.200. The first-order valence-corrected chi connectivity index (χ1v) is 7.73. The van der Waals surface area contributed by atoms with Gasteiger partial charge in [-0.15, -0.1) is 11.8 Å². The average Bonchev–Trinajstić information content (AvgIpc) is 2.41. The van der Waals surface area contributed by atoms with Crippen LogP contribution in [0.2, 0.25) is 0 Å². The van der Waals surface area contributed by atoms with Crippen molar-refractivity contribution in [3.05, 3.63) is 64.4 Å². The van der Waals surface area contributed by atoms with Gasteiger partial charge >= 0.3 is 0 Å². The maximum absolute atomic E-state index is 13.0. The van der Waals surface area contributed by atoms with Gasteiger partial charge in [0.05, 0.1) is 6.10 Å². The SMILES string of the molecule is OC(CSc1ccccc1)Cc1ccc(F)cc1Br. The summed E-state index contributed by atoms with van der Waals surface area (Å²) in [5, 5.41) is 10.0. The van der Waals surface area contributed by atoms with E-state index in [2.05, 4.69) is 15.9 Å². The Morgan fingerprint density at radius 3 is 2.58 bits per heavy atom. The molecule has 0 radical (unpaired) electrons. The highest BCUT2D eigenvalue weighted by atomic mass is 79.9. The smallest absolute Gasteiger partial charge is 0.124 e. The van der Waals surface area contributed by atoms with Crippen molar-refractivity contribution in [2.75, 3.05) is 5.75 Å². The number of rotatable bonds is 5. The summed E-state index contributed by atoms with van der Waals surface area (Å²) in [6.45, 7) is 0. The molecule has 0 bridgehead atoms. The standard InChI is InChI=1S/C15H14BrFOS/c16-15-9-12(17)7-6-11(15)8-13(18)10-19-14-4-2-1-3-5-14/h1-7,9,13,18H,8,10H2. The Hall–Kier alpha value is -0.840. The van der Waals surface area contributed by atoms with E-state index in [1.807, 2.05) is 30.3 Å². The third kappa shape index (κ3) is 4.64. The lowest BCUT2D eigenvalue weighted by Crippen LogP contribution is -2.13. The lowest BCUT2D eigenvalue weighted by Gasteiger charge is -2.11. The lowest BCUT2D eigenvalue weighted by atomic mass is 10.1. The molecule has 0 spiro atoms. The molecule has 2 aromatic carbocycles. The molecule has 0 aliphatic heterocycles. The van der Waals surface area contributed by atoms with E-state index >= 15 is 0 Å². The second-order valence-electron chi connectivity index (χ2n) is 4.22. The van der Waals surface area contributed by atoms with E-state index in [-0.39, 0.29) is 5.82 Å². The van der Waals surface area contributed by atoms with Crippen LogP contribution in [0, 0.1) is 5.82 Å². The molecular formula is C15H14BrFOS. The van der Waals surface area contributed by atoms with Gasteiger partial charge in [0, 0.05) is 21.5 Å². The molecule has 100 valence electrons. The van der Waals surface area contributed by atoms with Crippen molar-refractivity contribution < 1.29 is 9.50 Å². The minimum atomic E-state index is -0.452. The van der Waals surface area contributed by atoms with Crippen LogP contribution in [0.1, 0.15) is 5.56 Å². The van der Waals surface area contributed by atoms with Gasteiger partial charge in [-0.1, -0.05) is 40.2 Å². The van der Waals surface area contributed by atoms with Gasteiger partial charge < -0.3 is 5.11 Å². The molecule has 2 aromatic rings. The van der Waals surface area contributed by atoms with Gasteiger partial charge in [-0.3, -0.25) is 0 Å². The summed E-state index contributed by atoms with van der Waals surface area (Å²) >= 11 is 4.93. The predicted molar refractivity (Wildman–Crippen MR) is 81.0 cm³/mol. The third-order valence-electron chi connectivity index (χ3n) is 2.66. The monoisotopic (exact) mass is 340 g/mol. The molecule has 0 amide bonds. The van der Waals surface area contributed by atoms with Crippen LogP contribution in [0.15, 0.2) is 57.9 Å². The van der Waals surface area contributed by atoms with Gasteiger partial charge in [0.2, 0.25) is 0 Å². The molecule has 0 heterocycles. The highest BCUT2D eigenvalue weighted by molar-refractivity contribution is 9.10. The quantitative estimate of drug-likeness (QED) is 0.819. The van der Waals surface area contributed by atoms with Crippen molar-refractivity contribution in [2.24, 2.45) is 0 Å². The van der Waals surface area contributed by atoms with Gasteiger partial charge in [-0.05, 0) is 29.8 Å². The number of aliphatic hydroxyl groups excluding tert-OH is 1. The van der Waals surface area contributed by atoms with Gasteiger partial charge in [-0.2, -0.15) is 0 Å². The molecule has 4 heteroatoms. The molecule has 2 rings (SSSR count). The van der Waals surface area contributed by atoms with Crippen LogP contribution < -0.4 is 0 Å². The van der Waals surface area contributed by atoms with Crippen LogP contribution in [0.4, 0.5) is 4.39 Å². The Balaban J connectivity index is 1.89. The third-order valence-corrected chi connectivity index (χ3v) is 4.55. The van der Waals surface area contributed by atoms with Crippen molar-refractivity contribution >= 4 is 27.7 Å². The number of halogens is 2. The first-order valence-electron chi connectivity index (χ1n) is 5.95. The summed E-state index contributed by atoms with van der Waals surface area (Å²) in [6.07, 6.45) is 0.0627. The Kier molecular flexibility index (Phi) is 5.43. The first kappa shape index (κ1) is 14.6. The summed E-state index contributed by atoms with van der Waals surface area (Å²) in [4.78, 5) is 1.14. The maximum Gasteiger partial charge on any atom is 0.124 e. The van der Waals surface area contributed by atoms with E-state index < -0.39 is 6.10 Å². The van der Waals surface area contributed by atoms with E-state index in [1.54, 1.807) is 17.8 Å². The van der Waals surface area contributed by atoms with E-state index in [9.17, 15) is 9.50 Å². The van der Waals surface area contributed by atoms with Crippen molar-refractivity contribution in [1.29, 1.82) is 0 Å². The van der Waals surface area contributed by atoms with Crippen LogP contribution in [0.25, 0.3) is 0 Å². The normalized spacial score (nSPS) is 12.4. The number of benzene rings is 2. The van der Waals surface area contributed by atoms with Crippen LogP contribution in [0.3, 0.4) is 0 Å². The molecule has 1 N–H and O–H groups in total. The first-order chi connectivity index (χ1) is 9.15. The highest BCUT2D eigenvalue weighted by Gasteiger charge is 2.09. The van der Waals surface area contributed by atoms with E-state index in [4.69, 9.17) is 0 Å². The molecule has 1 atom stereocenters. The van der Waals surface area contributed by atoms with E-state index in [0.717, 1.165) is 10.5 Å². The second kappa shape index (κ2) is 7.08. The van der Waals surface area contributed by atoms with Crippen molar-refractivity contribution in [3.63, 3.8) is 0 Å². The van der Waals surface area contributed by atoms with Crippen LogP contribution in [-0.4, -0.2) is 17.0 Å². The molecule has 1 nitrogen and oxygen atoms in total. The van der Waals surface area contributed by atoms with Crippen molar-refractivity contribution in [2.45, 2.75) is 17.4 Å². The molecule has 0 saturated heterocycles. The summed E-state index contributed by atoms with van der Waals surface area (Å²) in [5.41, 5.74) is 0.919. The predicted octanol–water partition coefficient (Wildman–Crippen LogP) is 4.28.